The molecule has 254 valence electrons. The number of benzene rings is 1. The largest absolute Gasteiger partial charge is 0.462 e. The van der Waals surface area contributed by atoms with E-state index in [0.29, 0.717) is 19.3 Å². The Kier molecular flexibility index (Phi) is 22.2. The van der Waals surface area contributed by atoms with Crippen molar-refractivity contribution in [3.8, 4) is 0 Å². The first kappa shape index (κ1) is 39.2. The molecule has 45 heavy (non-hydrogen) atoms. The number of aliphatic imine (C=N–C) groups is 1. The summed E-state index contributed by atoms with van der Waals surface area (Å²) in [6.07, 6.45) is 8.93. The standard InChI is InChI=1S/C33H54N4O8/c1-3-5-7-9-14-20-29(38)42-24-27(45-30(39)21-15-10-8-6-4-2)25-43-31(40)28(19-16-22-36-32(34)35)37-33(41)44-23-26-17-12-11-13-18-26/h11-13,17-18,27-28H,3-10,14-16,19-25H2,1-2H3,(H,37,41)(H4,34,35,36)/t27-,28-/m0/s1. The summed E-state index contributed by atoms with van der Waals surface area (Å²) < 4.78 is 21.6. The lowest BCUT2D eigenvalue weighted by Crippen LogP contribution is -2.43. The van der Waals surface area contributed by atoms with Gasteiger partial charge in [-0.15, -0.1) is 0 Å². The van der Waals surface area contributed by atoms with E-state index in [1.54, 1.807) is 12.1 Å². The summed E-state index contributed by atoms with van der Waals surface area (Å²) >= 11 is 0. The summed E-state index contributed by atoms with van der Waals surface area (Å²) in [6.45, 7) is 3.89. The number of guanidine groups is 1. The van der Waals surface area contributed by atoms with Gasteiger partial charge in [-0.3, -0.25) is 14.6 Å². The predicted molar refractivity (Wildman–Crippen MR) is 172 cm³/mol. The minimum Gasteiger partial charge on any atom is -0.462 e. The molecule has 12 nitrogen and oxygen atoms in total. The second-order valence-corrected chi connectivity index (χ2v) is 11.0. The number of hydrogen-bond acceptors (Lipinski definition) is 9. The number of ether oxygens (including phenoxy) is 4. The first-order chi connectivity index (χ1) is 21.7. The van der Waals surface area contributed by atoms with Crippen LogP contribution in [0.1, 0.15) is 109 Å². The Morgan fingerprint density at radius 3 is 1.98 bits per heavy atom. The molecule has 0 saturated heterocycles. The van der Waals surface area contributed by atoms with Gasteiger partial charge in [-0.25, -0.2) is 9.59 Å². The van der Waals surface area contributed by atoms with Crippen LogP contribution in [-0.4, -0.2) is 61.9 Å². The van der Waals surface area contributed by atoms with Crippen molar-refractivity contribution in [3.05, 3.63) is 35.9 Å². The van der Waals surface area contributed by atoms with Gasteiger partial charge in [0.05, 0.1) is 0 Å². The van der Waals surface area contributed by atoms with Crippen molar-refractivity contribution in [3.63, 3.8) is 0 Å². The van der Waals surface area contributed by atoms with Crippen molar-refractivity contribution in [2.75, 3.05) is 19.8 Å². The molecule has 1 rings (SSSR count). The average Bonchev–Trinajstić information content (AvgIpc) is 3.02. The van der Waals surface area contributed by atoms with E-state index in [0.717, 1.165) is 56.9 Å². The Bertz CT molecular complexity index is 1000. The van der Waals surface area contributed by atoms with E-state index in [-0.39, 0.29) is 51.6 Å². The molecule has 0 bridgehead atoms. The van der Waals surface area contributed by atoms with Gasteiger partial charge in [0, 0.05) is 19.4 Å². The summed E-state index contributed by atoms with van der Waals surface area (Å²) in [5.74, 6) is -1.72. The monoisotopic (exact) mass is 634 g/mol. The average molecular weight is 635 g/mol. The van der Waals surface area contributed by atoms with Crippen molar-refractivity contribution < 1.29 is 38.1 Å². The van der Waals surface area contributed by atoms with Crippen molar-refractivity contribution >= 4 is 30.0 Å². The molecule has 0 heterocycles. The molecule has 1 amide bonds. The third-order valence-electron chi connectivity index (χ3n) is 6.84. The van der Waals surface area contributed by atoms with Crippen LogP contribution in [0.15, 0.2) is 35.3 Å². The third-order valence-corrected chi connectivity index (χ3v) is 6.84. The summed E-state index contributed by atoms with van der Waals surface area (Å²) in [7, 11) is 0. The summed E-state index contributed by atoms with van der Waals surface area (Å²) in [5.41, 5.74) is 11.5. The highest BCUT2D eigenvalue weighted by molar-refractivity contribution is 5.81. The van der Waals surface area contributed by atoms with E-state index in [4.69, 9.17) is 30.4 Å². The molecule has 0 radical (unpaired) electrons. The molecular weight excluding hydrogens is 580 g/mol. The number of unbranched alkanes of at least 4 members (excludes halogenated alkanes) is 8. The molecule has 0 aliphatic rings. The fourth-order valence-electron chi connectivity index (χ4n) is 4.30. The third kappa shape index (κ3) is 21.5. The molecule has 0 fully saturated rings. The van der Waals surface area contributed by atoms with Gasteiger partial charge in [0.2, 0.25) is 0 Å². The van der Waals surface area contributed by atoms with E-state index in [9.17, 15) is 19.2 Å². The Morgan fingerprint density at radius 2 is 1.36 bits per heavy atom. The number of nitrogens with one attached hydrogen (secondary N) is 1. The number of alkyl carbamates (subject to hydrolysis) is 1. The molecule has 0 saturated carbocycles. The van der Waals surface area contributed by atoms with Crippen molar-refractivity contribution in [1.29, 1.82) is 0 Å². The molecule has 5 N–H and O–H groups in total. The Labute approximate surface area is 268 Å². The first-order valence-corrected chi connectivity index (χ1v) is 16.3. The number of nitrogens with two attached hydrogens (primary N) is 2. The fraction of sp³-hybridized carbons (Fsp3) is 0.667. The second-order valence-electron chi connectivity index (χ2n) is 11.0. The van der Waals surface area contributed by atoms with Crippen molar-refractivity contribution in [2.45, 2.75) is 122 Å². The van der Waals surface area contributed by atoms with E-state index in [2.05, 4.69) is 24.2 Å². The predicted octanol–water partition coefficient (Wildman–Crippen LogP) is 5.05. The minimum atomic E-state index is -1.08. The molecule has 1 aromatic rings. The van der Waals surface area contributed by atoms with Crippen LogP contribution < -0.4 is 16.8 Å². The zero-order valence-corrected chi connectivity index (χ0v) is 27.1. The Hall–Kier alpha value is -3.83. The van der Waals surface area contributed by atoms with Crippen LogP contribution in [0, 0.1) is 0 Å². The van der Waals surface area contributed by atoms with Crippen LogP contribution >= 0.6 is 0 Å². The van der Waals surface area contributed by atoms with E-state index in [1.165, 1.54) is 0 Å². The van der Waals surface area contributed by atoms with Gasteiger partial charge in [0.25, 0.3) is 0 Å². The smallest absolute Gasteiger partial charge is 0.408 e. The van der Waals surface area contributed by atoms with Gasteiger partial charge in [-0.1, -0.05) is 95.5 Å². The number of rotatable bonds is 25. The first-order valence-electron chi connectivity index (χ1n) is 16.3. The zero-order valence-electron chi connectivity index (χ0n) is 27.1. The summed E-state index contributed by atoms with van der Waals surface area (Å²) in [6, 6.07) is 8.02. The van der Waals surface area contributed by atoms with Crippen molar-refractivity contribution in [2.24, 2.45) is 16.5 Å². The normalized spacial score (nSPS) is 12.0. The molecule has 12 heteroatoms. The van der Waals surface area contributed by atoms with Gasteiger partial charge in [0.1, 0.15) is 25.9 Å². The number of hydrogen-bond donors (Lipinski definition) is 3. The van der Waals surface area contributed by atoms with Crippen LogP contribution in [0.25, 0.3) is 0 Å². The molecule has 0 aliphatic carbocycles. The van der Waals surface area contributed by atoms with Gasteiger partial charge < -0.3 is 35.7 Å². The van der Waals surface area contributed by atoms with E-state index < -0.39 is 36.1 Å². The maximum absolute atomic E-state index is 13.1. The summed E-state index contributed by atoms with van der Waals surface area (Å²) in [5, 5.41) is 2.53. The quantitative estimate of drug-likeness (QED) is 0.0432. The van der Waals surface area contributed by atoms with E-state index in [1.807, 2.05) is 18.2 Å². The van der Waals surface area contributed by atoms with Gasteiger partial charge in [-0.05, 0) is 31.2 Å². The highest BCUT2D eigenvalue weighted by atomic mass is 16.6. The highest BCUT2D eigenvalue weighted by Gasteiger charge is 2.26. The Balaban J connectivity index is 2.77. The number of carbonyl (C=O) groups is 4. The minimum absolute atomic E-state index is 0.0167. The zero-order chi connectivity index (χ0) is 33.1. The van der Waals surface area contributed by atoms with Crippen molar-refractivity contribution in [1.82, 2.24) is 5.32 Å². The van der Waals surface area contributed by atoms with Crippen LogP contribution in [-0.2, 0) is 39.9 Å². The molecule has 0 aromatic heterocycles. The van der Waals surface area contributed by atoms with Gasteiger partial charge in [0.15, 0.2) is 12.1 Å². The lowest BCUT2D eigenvalue weighted by Gasteiger charge is -2.21. The molecule has 2 atom stereocenters. The maximum Gasteiger partial charge on any atom is 0.408 e. The number of amides is 1. The lowest BCUT2D eigenvalue weighted by atomic mass is 10.1. The van der Waals surface area contributed by atoms with Crippen LogP contribution in [0.5, 0.6) is 0 Å². The van der Waals surface area contributed by atoms with Crippen LogP contribution in [0.2, 0.25) is 0 Å². The van der Waals surface area contributed by atoms with Gasteiger partial charge >= 0.3 is 24.0 Å². The molecule has 0 spiro atoms. The topological polar surface area (TPSA) is 182 Å². The number of nitrogens with zero attached hydrogens (tertiary/aromatic N) is 1. The Morgan fingerprint density at radius 1 is 0.756 bits per heavy atom. The highest BCUT2D eigenvalue weighted by Crippen LogP contribution is 2.10. The maximum atomic E-state index is 13.1. The summed E-state index contributed by atoms with van der Waals surface area (Å²) in [4.78, 5) is 54.3. The molecule has 0 unspecified atom stereocenters. The SMILES string of the molecule is CCCCCCCC(=O)OC[C@@H](COC(=O)[C@H](CCCN=C(N)N)NC(=O)OCc1ccccc1)OC(=O)CCCCCCC. The lowest BCUT2D eigenvalue weighted by molar-refractivity contribution is -0.167. The number of carbonyl (C=O) groups excluding carboxylic acids is 4. The number of esters is 3. The van der Waals surface area contributed by atoms with Gasteiger partial charge in [-0.2, -0.15) is 0 Å². The van der Waals surface area contributed by atoms with Crippen LogP contribution in [0.4, 0.5) is 4.79 Å². The van der Waals surface area contributed by atoms with Crippen LogP contribution in [0.3, 0.4) is 0 Å². The van der Waals surface area contributed by atoms with E-state index >= 15 is 0 Å². The molecule has 0 aliphatic heterocycles. The molecular formula is C33H54N4O8. The second kappa shape index (κ2) is 25.5. The fourth-order valence-corrected chi connectivity index (χ4v) is 4.30. The molecule has 1 aromatic carbocycles.